The number of aromatic nitrogens is 2. The summed E-state index contributed by atoms with van der Waals surface area (Å²) < 4.78 is 52.3. The first-order chi connectivity index (χ1) is 19.7. The fourth-order valence-electron chi connectivity index (χ4n) is 5.62. The lowest BCUT2D eigenvalue weighted by Gasteiger charge is -2.40. The van der Waals surface area contributed by atoms with Gasteiger partial charge in [-0.15, -0.1) is 0 Å². The van der Waals surface area contributed by atoms with E-state index in [1.807, 2.05) is 23.1 Å². The van der Waals surface area contributed by atoms with E-state index >= 15 is 0 Å². The van der Waals surface area contributed by atoms with Crippen LogP contribution in [-0.4, -0.2) is 71.2 Å². The fraction of sp³-hybridized carbons (Fsp3) is 0.393. The molecule has 216 valence electrons. The highest BCUT2D eigenvalue weighted by molar-refractivity contribution is 5.91. The first-order valence-corrected chi connectivity index (χ1v) is 13.4. The predicted molar refractivity (Wildman–Crippen MR) is 147 cm³/mol. The van der Waals surface area contributed by atoms with Crippen molar-refractivity contribution in [1.29, 1.82) is 0 Å². The normalized spacial score (nSPS) is 19.8. The monoisotopic (exact) mass is 569 g/mol. The van der Waals surface area contributed by atoms with Crippen molar-refractivity contribution >= 4 is 29.1 Å². The van der Waals surface area contributed by atoms with E-state index in [9.17, 15) is 18.0 Å². The van der Waals surface area contributed by atoms with Crippen LogP contribution in [0.2, 0.25) is 0 Å². The number of benzene rings is 2. The van der Waals surface area contributed by atoms with E-state index in [4.69, 9.17) is 9.47 Å². The number of imidazole rings is 1. The molecule has 0 bridgehead atoms. The lowest BCUT2D eigenvalue weighted by Crippen LogP contribution is -2.50. The summed E-state index contributed by atoms with van der Waals surface area (Å²) in [6.07, 6.45) is 0.106. The smallest absolute Gasteiger partial charge is 0.418 e. The molecular formula is C28H30F3N7O3. The van der Waals surface area contributed by atoms with Crippen molar-refractivity contribution < 1.29 is 27.4 Å². The second-order valence-corrected chi connectivity index (χ2v) is 10.3. The largest absolute Gasteiger partial charge is 0.497 e. The molecule has 0 aliphatic carbocycles. The number of aromatic amines is 1. The number of likely N-dealkylation sites (tertiary alicyclic amines) is 1. The first-order valence-electron chi connectivity index (χ1n) is 13.4. The van der Waals surface area contributed by atoms with Gasteiger partial charge in [0.1, 0.15) is 28.7 Å². The number of nitrogens with zero attached hydrogens (tertiary/aromatic N) is 4. The molecule has 0 saturated carbocycles. The molecule has 0 radical (unpaired) electrons. The van der Waals surface area contributed by atoms with Crippen LogP contribution in [0.15, 0.2) is 47.2 Å². The van der Waals surface area contributed by atoms with Gasteiger partial charge in [-0.1, -0.05) is 0 Å². The van der Waals surface area contributed by atoms with Crippen LogP contribution in [0.1, 0.15) is 29.8 Å². The van der Waals surface area contributed by atoms with E-state index in [-0.39, 0.29) is 28.9 Å². The van der Waals surface area contributed by atoms with Crippen LogP contribution in [0.5, 0.6) is 11.5 Å². The number of methoxy groups -OCH3 is 1. The number of aliphatic imine (C=N–C) groups is 1. The molecule has 2 aromatic carbocycles. The zero-order valence-corrected chi connectivity index (χ0v) is 22.6. The summed E-state index contributed by atoms with van der Waals surface area (Å²) in [5, 5.41) is 6.16. The zero-order chi connectivity index (χ0) is 28.7. The third-order valence-electron chi connectivity index (χ3n) is 7.66. The minimum absolute atomic E-state index is 0.0395. The molecule has 13 heteroatoms. The average Bonchev–Trinajstić information content (AvgIpc) is 3.24. The summed E-state index contributed by atoms with van der Waals surface area (Å²) >= 11 is 0. The molecule has 1 saturated heterocycles. The number of hydrogen-bond acceptors (Lipinski definition) is 7. The van der Waals surface area contributed by atoms with Crippen LogP contribution in [0.3, 0.4) is 0 Å². The van der Waals surface area contributed by atoms with Gasteiger partial charge in [-0.2, -0.15) is 13.2 Å². The molecule has 1 aromatic heterocycles. The van der Waals surface area contributed by atoms with Crippen molar-refractivity contribution in [2.45, 2.75) is 44.6 Å². The number of piperidine rings is 1. The topological polar surface area (TPSA) is 107 Å². The summed E-state index contributed by atoms with van der Waals surface area (Å²) in [5.74, 6) is 1.95. The Bertz CT molecular complexity index is 1530. The number of anilines is 1. The fourth-order valence-corrected chi connectivity index (χ4v) is 5.62. The molecule has 6 rings (SSSR count). The highest BCUT2D eigenvalue weighted by Crippen LogP contribution is 2.37. The third-order valence-corrected chi connectivity index (χ3v) is 7.66. The van der Waals surface area contributed by atoms with Gasteiger partial charge in [-0.3, -0.25) is 0 Å². The van der Waals surface area contributed by atoms with Crippen LogP contribution in [0.4, 0.5) is 23.7 Å². The minimum atomic E-state index is -4.58. The van der Waals surface area contributed by atoms with Crippen molar-refractivity contribution in [2.75, 3.05) is 32.1 Å². The van der Waals surface area contributed by atoms with Gasteiger partial charge >= 0.3 is 12.2 Å². The highest BCUT2D eigenvalue weighted by atomic mass is 19.4. The molecule has 1 atom stereocenters. The summed E-state index contributed by atoms with van der Waals surface area (Å²) in [4.78, 5) is 28.2. The molecule has 1 fully saturated rings. The van der Waals surface area contributed by atoms with Crippen LogP contribution >= 0.6 is 0 Å². The number of aryl methyl sites for hydroxylation is 1. The van der Waals surface area contributed by atoms with Gasteiger partial charge in [0.15, 0.2) is 0 Å². The molecule has 1 unspecified atom stereocenters. The van der Waals surface area contributed by atoms with Gasteiger partial charge in [0.2, 0.25) is 6.23 Å². The Morgan fingerprint density at radius 1 is 1.07 bits per heavy atom. The number of carbonyl (C=O) groups is 1. The Kier molecular flexibility index (Phi) is 6.88. The van der Waals surface area contributed by atoms with Crippen molar-refractivity contribution in [3.05, 3.63) is 59.2 Å². The molecular weight excluding hydrogens is 539 g/mol. The minimum Gasteiger partial charge on any atom is -0.497 e. The van der Waals surface area contributed by atoms with E-state index in [1.54, 1.807) is 20.1 Å². The van der Waals surface area contributed by atoms with Gasteiger partial charge < -0.3 is 34.9 Å². The standard InChI is InChI=1S/C28H30F3N7O3/c1-16-34-23-13-20(12-21(26(23)35-16)28(29,30)31)41-25-14-24(32-15-33-25)37-8-6-18(7-9-37)38-10-5-17-11-19(40-2)3-4-22(17)36-27(38)39/h3-4,11-15,18,25H,5-10H2,1-2H3,(H,32,33)(H,34,35)(H,36,39). The lowest BCUT2D eigenvalue weighted by atomic mass is 10.0. The van der Waals surface area contributed by atoms with Crippen LogP contribution in [-0.2, 0) is 12.6 Å². The van der Waals surface area contributed by atoms with E-state index < -0.39 is 18.0 Å². The van der Waals surface area contributed by atoms with Crippen molar-refractivity contribution in [2.24, 2.45) is 4.99 Å². The number of ether oxygens (including phenoxy) is 2. The molecule has 3 aliphatic rings. The summed E-state index contributed by atoms with van der Waals surface area (Å²) in [7, 11) is 1.62. The molecule has 2 amide bonds. The molecule has 10 nitrogen and oxygen atoms in total. The first kappa shape index (κ1) is 26.8. The number of alkyl halides is 3. The van der Waals surface area contributed by atoms with Gasteiger partial charge in [0, 0.05) is 43.5 Å². The molecule has 41 heavy (non-hydrogen) atoms. The number of halogens is 3. The van der Waals surface area contributed by atoms with Crippen LogP contribution in [0.25, 0.3) is 11.0 Å². The third kappa shape index (κ3) is 5.48. The quantitative estimate of drug-likeness (QED) is 0.414. The number of fused-ring (bicyclic) bond motifs is 2. The molecule has 3 aromatic rings. The second kappa shape index (κ2) is 10.5. The molecule has 3 aliphatic heterocycles. The van der Waals surface area contributed by atoms with Gasteiger partial charge in [0.25, 0.3) is 0 Å². The van der Waals surface area contributed by atoms with Crippen LogP contribution < -0.4 is 20.1 Å². The Hall–Kier alpha value is -4.42. The summed E-state index contributed by atoms with van der Waals surface area (Å²) in [6, 6.07) is 8.10. The predicted octanol–water partition coefficient (Wildman–Crippen LogP) is 4.63. The summed E-state index contributed by atoms with van der Waals surface area (Å²) in [6.45, 7) is 3.59. The highest BCUT2D eigenvalue weighted by Gasteiger charge is 2.35. The number of H-pyrrole nitrogens is 1. The summed E-state index contributed by atoms with van der Waals surface area (Å²) in [5.41, 5.74) is 1.09. The number of hydrogen-bond donors (Lipinski definition) is 3. The maximum Gasteiger partial charge on any atom is 0.418 e. The van der Waals surface area contributed by atoms with Crippen LogP contribution in [0, 0.1) is 6.92 Å². The molecule has 3 N–H and O–H groups in total. The van der Waals surface area contributed by atoms with E-state index in [0.29, 0.717) is 25.5 Å². The Morgan fingerprint density at radius 2 is 1.88 bits per heavy atom. The Labute approximate surface area is 234 Å². The maximum absolute atomic E-state index is 13.7. The molecule has 4 heterocycles. The zero-order valence-electron chi connectivity index (χ0n) is 22.6. The number of carbonyl (C=O) groups excluding carboxylic acids is 1. The maximum atomic E-state index is 13.7. The number of nitrogens with one attached hydrogen (secondary N) is 3. The Balaban J connectivity index is 1.11. The lowest BCUT2D eigenvalue weighted by molar-refractivity contribution is -0.136. The second-order valence-electron chi connectivity index (χ2n) is 10.3. The van der Waals surface area contributed by atoms with E-state index in [2.05, 4.69) is 30.5 Å². The Morgan fingerprint density at radius 3 is 2.63 bits per heavy atom. The van der Waals surface area contributed by atoms with Crippen molar-refractivity contribution in [3.8, 4) is 11.5 Å². The van der Waals surface area contributed by atoms with Gasteiger partial charge in [-0.25, -0.2) is 14.8 Å². The van der Waals surface area contributed by atoms with Crippen molar-refractivity contribution in [3.63, 3.8) is 0 Å². The van der Waals surface area contributed by atoms with Gasteiger partial charge in [-0.05, 0) is 56.0 Å². The number of amides is 2. The van der Waals surface area contributed by atoms with Crippen molar-refractivity contribution in [1.82, 2.24) is 25.1 Å². The number of rotatable bonds is 5. The SMILES string of the molecule is COc1ccc2c(c1)CCN(C1CCN(C3=CC(Oc4cc(C(F)(F)F)c5nc(C)[nH]c5c4)N=CN3)CC1)C(=O)N2. The molecule has 0 spiro atoms. The number of urea groups is 1. The van der Waals surface area contributed by atoms with E-state index in [0.717, 1.165) is 48.2 Å². The van der Waals surface area contributed by atoms with E-state index in [1.165, 1.54) is 12.4 Å². The van der Waals surface area contributed by atoms with Gasteiger partial charge in [0.05, 0.1) is 24.5 Å². The average molecular weight is 570 g/mol.